The van der Waals surface area contributed by atoms with E-state index in [1.54, 1.807) is 0 Å². The largest absolute Gasteiger partial charge is 0.447 e. The molecular formula is C10H19NO3. The lowest BCUT2D eigenvalue weighted by Crippen LogP contribution is -2.37. The predicted molar refractivity (Wildman–Crippen MR) is 53.0 cm³/mol. The van der Waals surface area contributed by atoms with Crippen molar-refractivity contribution in [3.8, 4) is 0 Å². The topological polar surface area (TPSA) is 58.6 Å². The first-order chi connectivity index (χ1) is 6.74. The number of carbonyl (C=O) groups excluding carboxylic acids is 1. The Balaban J connectivity index is 2.18. The average molecular weight is 201 g/mol. The van der Waals surface area contributed by atoms with E-state index >= 15 is 0 Å². The SMILES string of the molecule is C[C@H](NC(=O)OCCO)C1CCCC1. The number of nitrogens with one attached hydrogen (secondary N) is 1. The third-order valence-corrected chi connectivity index (χ3v) is 2.78. The number of aliphatic hydroxyl groups is 1. The zero-order valence-electron chi connectivity index (χ0n) is 8.66. The molecule has 1 fully saturated rings. The number of amides is 1. The van der Waals surface area contributed by atoms with Gasteiger partial charge in [0.25, 0.3) is 0 Å². The second-order valence-corrected chi connectivity index (χ2v) is 3.84. The normalized spacial score (nSPS) is 19.3. The van der Waals surface area contributed by atoms with Crippen molar-refractivity contribution in [2.24, 2.45) is 5.92 Å². The maximum Gasteiger partial charge on any atom is 0.407 e. The lowest BCUT2D eigenvalue weighted by Gasteiger charge is -2.19. The van der Waals surface area contributed by atoms with Crippen LogP contribution in [-0.2, 0) is 4.74 Å². The van der Waals surface area contributed by atoms with Gasteiger partial charge in [-0.25, -0.2) is 4.79 Å². The van der Waals surface area contributed by atoms with E-state index in [2.05, 4.69) is 5.32 Å². The molecule has 1 saturated carbocycles. The van der Waals surface area contributed by atoms with Crippen molar-refractivity contribution in [3.05, 3.63) is 0 Å². The van der Waals surface area contributed by atoms with E-state index < -0.39 is 6.09 Å². The van der Waals surface area contributed by atoms with Crippen LogP contribution in [0, 0.1) is 5.92 Å². The van der Waals surface area contributed by atoms with Gasteiger partial charge >= 0.3 is 6.09 Å². The van der Waals surface area contributed by atoms with E-state index in [9.17, 15) is 4.79 Å². The van der Waals surface area contributed by atoms with Crippen molar-refractivity contribution in [3.63, 3.8) is 0 Å². The summed E-state index contributed by atoms with van der Waals surface area (Å²) < 4.78 is 4.72. The van der Waals surface area contributed by atoms with Crippen LogP contribution in [0.2, 0.25) is 0 Å². The van der Waals surface area contributed by atoms with Crippen LogP contribution in [0.1, 0.15) is 32.6 Å². The first kappa shape index (κ1) is 11.3. The number of hydrogen-bond acceptors (Lipinski definition) is 3. The van der Waals surface area contributed by atoms with Crippen molar-refractivity contribution in [1.29, 1.82) is 0 Å². The molecule has 82 valence electrons. The summed E-state index contributed by atoms with van der Waals surface area (Å²) in [6.45, 7) is 1.96. The van der Waals surface area contributed by atoms with Gasteiger partial charge in [0.05, 0.1) is 6.61 Å². The van der Waals surface area contributed by atoms with Crippen molar-refractivity contribution in [2.45, 2.75) is 38.6 Å². The van der Waals surface area contributed by atoms with Gasteiger partial charge < -0.3 is 15.2 Å². The molecule has 2 N–H and O–H groups in total. The van der Waals surface area contributed by atoms with Gasteiger partial charge in [-0.05, 0) is 25.7 Å². The minimum absolute atomic E-state index is 0.0726. The third-order valence-electron chi connectivity index (χ3n) is 2.78. The van der Waals surface area contributed by atoms with Crippen LogP contribution >= 0.6 is 0 Å². The molecule has 0 aliphatic heterocycles. The van der Waals surface area contributed by atoms with E-state index in [-0.39, 0.29) is 19.3 Å². The zero-order chi connectivity index (χ0) is 10.4. The third kappa shape index (κ3) is 3.54. The van der Waals surface area contributed by atoms with Crippen molar-refractivity contribution in [1.82, 2.24) is 5.32 Å². The Bertz CT molecular complexity index is 178. The number of rotatable bonds is 4. The monoisotopic (exact) mass is 201 g/mol. The zero-order valence-corrected chi connectivity index (χ0v) is 8.66. The minimum atomic E-state index is -0.418. The Morgan fingerprint density at radius 2 is 2.21 bits per heavy atom. The van der Waals surface area contributed by atoms with Crippen LogP contribution in [0.5, 0.6) is 0 Å². The summed E-state index contributed by atoms with van der Waals surface area (Å²) in [5.41, 5.74) is 0. The Morgan fingerprint density at radius 1 is 1.57 bits per heavy atom. The number of alkyl carbamates (subject to hydrolysis) is 1. The second-order valence-electron chi connectivity index (χ2n) is 3.84. The summed E-state index contributed by atoms with van der Waals surface area (Å²) in [5.74, 6) is 0.594. The number of carbonyl (C=O) groups is 1. The number of ether oxygens (including phenoxy) is 1. The maximum absolute atomic E-state index is 11.1. The lowest BCUT2D eigenvalue weighted by atomic mass is 10.0. The average Bonchev–Trinajstić information content (AvgIpc) is 2.67. The van der Waals surface area contributed by atoms with Gasteiger partial charge in [-0.1, -0.05) is 12.8 Å². The molecule has 1 aliphatic rings. The molecule has 4 nitrogen and oxygen atoms in total. The Hall–Kier alpha value is -0.770. The molecule has 0 unspecified atom stereocenters. The Labute approximate surface area is 84.6 Å². The molecule has 1 amide bonds. The standard InChI is InChI=1S/C10H19NO3/c1-8(9-4-2-3-5-9)11-10(13)14-7-6-12/h8-9,12H,2-7H2,1H3,(H,11,13)/t8-/m0/s1. The van der Waals surface area contributed by atoms with Crippen LogP contribution < -0.4 is 5.32 Å². The van der Waals surface area contributed by atoms with Gasteiger partial charge in [-0.2, -0.15) is 0 Å². The molecule has 0 aromatic heterocycles. The van der Waals surface area contributed by atoms with Crippen molar-refractivity contribution >= 4 is 6.09 Å². The first-order valence-electron chi connectivity index (χ1n) is 5.28. The summed E-state index contributed by atoms with van der Waals surface area (Å²) in [7, 11) is 0. The lowest BCUT2D eigenvalue weighted by molar-refractivity contribution is 0.114. The van der Waals surface area contributed by atoms with E-state index in [1.807, 2.05) is 6.92 Å². The number of hydrogen-bond donors (Lipinski definition) is 2. The number of aliphatic hydroxyl groups excluding tert-OH is 1. The molecule has 0 radical (unpaired) electrons. The highest BCUT2D eigenvalue weighted by molar-refractivity contribution is 5.67. The predicted octanol–water partition coefficient (Wildman–Crippen LogP) is 1.28. The smallest absolute Gasteiger partial charge is 0.407 e. The van der Waals surface area contributed by atoms with Crippen LogP contribution in [0.3, 0.4) is 0 Å². The first-order valence-corrected chi connectivity index (χ1v) is 5.28. The molecule has 0 heterocycles. The highest BCUT2D eigenvalue weighted by Crippen LogP contribution is 2.27. The van der Waals surface area contributed by atoms with Crippen LogP contribution in [0.25, 0.3) is 0 Å². The minimum Gasteiger partial charge on any atom is -0.447 e. The molecule has 0 aromatic carbocycles. The molecule has 14 heavy (non-hydrogen) atoms. The molecule has 1 rings (SSSR count). The van der Waals surface area contributed by atoms with Gasteiger partial charge in [0, 0.05) is 6.04 Å². The second kappa shape index (κ2) is 5.86. The maximum atomic E-state index is 11.1. The van der Waals surface area contributed by atoms with Gasteiger partial charge in [0.1, 0.15) is 6.61 Å². The van der Waals surface area contributed by atoms with Crippen molar-refractivity contribution in [2.75, 3.05) is 13.2 Å². The molecule has 0 saturated heterocycles. The quantitative estimate of drug-likeness (QED) is 0.720. The molecule has 0 spiro atoms. The molecule has 0 aromatic rings. The molecule has 4 heteroatoms. The Morgan fingerprint density at radius 3 is 2.79 bits per heavy atom. The van der Waals surface area contributed by atoms with E-state index in [0.717, 1.165) is 0 Å². The summed E-state index contributed by atoms with van der Waals surface area (Å²) in [6.07, 6.45) is 4.51. The fourth-order valence-corrected chi connectivity index (χ4v) is 1.94. The van der Waals surface area contributed by atoms with Crippen LogP contribution in [-0.4, -0.2) is 30.5 Å². The van der Waals surface area contributed by atoms with Crippen LogP contribution in [0.15, 0.2) is 0 Å². The fraction of sp³-hybridized carbons (Fsp3) is 0.900. The summed E-state index contributed by atoms with van der Waals surface area (Å²) in [6, 6.07) is 0.184. The molecule has 1 atom stereocenters. The van der Waals surface area contributed by atoms with Gasteiger partial charge in [-0.15, -0.1) is 0 Å². The highest BCUT2D eigenvalue weighted by atomic mass is 16.6. The summed E-state index contributed by atoms with van der Waals surface area (Å²) in [4.78, 5) is 11.1. The highest BCUT2D eigenvalue weighted by Gasteiger charge is 2.22. The van der Waals surface area contributed by atoms with Gasteiger partial charge in [0.15, 0.2) is 0 Å². The van der Waals surface area contributed by atoms with Crippen molar-refractivity contribution < 1.29 is 14.6 Å². The Kier molecular flexibility index (Phi) is 4.73. The summed E-state index contributed by atoms with van der Waals surface area (Å²) in [5, 5.41) is 11.2. The van der Waals surface area contributed by atoms with E-state index in [4.69, 9.17) is 9.84 Å². The van der Waals surface area contributed by atoms with E-state index in [0.29, 0.717) is 5.92 Å². The van der Waals surface area contributed by atoms with Gasteiger partial charge in [0.2, 0.25) is 0 Å². The van der Waals surface area contributed by atoms with Gasteiger partial charge in [-0.3, -0.25) is 0 Å². The summed E-state index contributed by atoms with van der Waals surface area (Å²) >= 11 is 0. The molecule has 0 bridgehead atoms. The molecule has 1 aliphatic carbocycles. The van der Waals surface area contributed by atoms with E-state index in [1.165, 1.54) is 25.7 Å². The fourth-order valence-electron chi connectivity index (χ4n) is 1.94. The van der Waals surface area contributed by atoms with Crippen LogP contribution in [0.4, 0.5) is 4.79 Å². The molecular weight excluding hydrogens is 182 g/mol.